The first-order valence-corrected chi connectivity index (χ1v) is 7.32. The van der Waals surface area contributed by atoms with Gasteiger partial charge in [0, 0.05) is 6.42 Å². The summed E-state index contributed by atoms with van der Waals surface area (Å²) in [5.74, 6) is -3.15. The van der Waals surface area contributed by atoms with Crippen LogP contribution in [0.1, 0.15) is 12.8 Å². The molecule has 0 aromatic heterocycles. The van der Waals surface area contributed by atoms with Gasteiger partial charge in [0.05, 0.1) is 7.11 Å². The van der Waals surface area contributed by atoms with Crippen LogP contribution in [0.5, 0.6) is 0 Å². The minimum absolute atomic E-state index is 0.284. The molecule has 0 bridgehead atoms. The van der Waals surface area contributed by atoms with Gasteiger partial charge in [0.15, 0.2) is 0 Å². The molecule has 7 nitrogen and oxygen atoms in total. The van der Waals surface area contributed by atoms with Gasteiger partial charge in [-0.15, -0.1) is 0 Å². The fourth-order valence-corrected chi connectivity index (χ4v) is 2.81. The summed E-state index contributed by atoms with van der Waals surface area (Å²) in [5, 5.41) is 8.97. The summed E-state index contributed by atoms with van der Waals surface area (Å²) in [4.78, 5) is 21.3. The van der Waals surface area contributed by atoms with E-state index in [1.807, 2.05) is 4.72 Å². The Kier molecular flexibility index (Phi) is 5.79. The molecule has 0 amide bonds. The predicted octanol–water partition coefficient (Wildman–Crippen LogP) is 0.510. The van der Waals surface area contributed by atoms with Crippen LogP contribution in [0.25, 0.3) is 0 Å². The molecule has 0 aliphatic heterocycles. The summed E-state index contributed by atoms with van der Waals surface area (Å²) in [6.07, 6.45) is -0.594. The molecule has 1 aromatic rings. The van der Waals surface area contributed by atoms with Crippen molar-refractivity contribution in [3.63, 3.8) is 0 Å². The Morgan fingerprint density at radius 2 is 2.00 bits per heavy atom. The van der Waals surface area contributed by atoms with Crippen molar-refractivity contribution in [1.82, 2.24) is 4.72 Å². The number of ether oxygens (including phenoxy) is 1. The molecule has 0 spiro atoms. The summed E-state index contributed by atoms with van der Waals surface area (Å²) in [7, 11) is -3.22. The summed E-state index contributed by atoms with van der Waals surface area (Å²) in [6, 6.07) is 3.01. The van der Waals surface area contributed by atoms with E-state index < -0.39 is 38.7 Å². The zero-order chi connectivity index (χ0) is 16.0. The molecule has 0 saturated heterocycles. The molecule has 0 aliphatic carbocycles. The van der Waals surface area contributed by atoms with Crippen LogP contribution in [0.15, 0.2) is 29.2 Å². The third-order valence-electron chi connectivity index (χ3n) is 2.59. The average molecular weight is 319 g/mol. The monoisotopic (exact) mass is 319 g/mol. The summed E-state index contributed by atoms with van der Waals surface area (Å²) in [5.41, 5.74) is 0. The van der Waals surface area contributed by atoms with Crippen molar-refractivity contribution in [3.05, 3.63) is 30.1 Å². The summed E-state index contributed by atoms with van der Waals surface area (Å²) in [6.45, 7) is 0. The van der Waals surface area contributed by atoms with Gasteiger partial charge in [0.25, 0.3) is 0 Å². The number of aliphatic carboxylic acids is 1. The van der Waals surface area contributed by atoms with Crippen molar-refractivity contribution in [3.8, 4) is 0 Å². The van der Waals surface area contributed by atoms with Crippen LogP contribution in [-0.2, 0) is 24.3 Å². The highest BCUT2D eigenvalue weighted by Crippen LogP contribution is 2.14. The Hall–Kier alpha value is -2.00. The second-order valence-corrected chi connectivity index (χ2v) is 5.74. The molecular formula is C12H14FNO6S. The first-order chi connectivity index (χ1) is 9.77. The second kappa shape index (κ2) is 7.14. The third-order valence-corrected chi connectivity index (χ3v) is 4.09. The van der Waals surface area contributed by atoms with Gasteiger partial charge in [-0.25, -0.2) is 12.8 Å². The van der Waals surface area contributed by atoms with Crippen molar-refractivity contribution < 1.29 is 32.2 Å². The van der Waals surface area contributed by atoms with Crippen LogP contribution in [0.4, 0.5) is 4.39 Å². The van der Waals surface area contributed by atoms with Crippen LogP contribution in [0.3, 0.4) is 0 Å². The van der Waals surface area contributed by atoms with Gasteiger partial charge in [-0.3, -0.25) is 9.59 Å². The van der Waals surface area contributed by atoms with E-state index in [1.54, 1.807) is 0 Å². The lowest BCUT2D eigenvalue weighted by Gasteiger charge is -2.14. The van der Waals surface area contributed by atoms with Gasteiger partial charge in [-0.2, -0.15) is 4.72 Å². The number of hydrogen-bond acceptors (Lipinski definition) is 5. The molecule has 21 heavy (non-hydrogen) atoms. The summed E-state index contributed by atoms with van der Waals surface area (Å²) >= 11 is 0. The number of rotatable bonds is 7. The molecule has 0 fully saturated rings. The first-order valence-electron chi connectivity index (χ1n) is 5.84. The lowest BCUT2D eigenvalue weighted by Crippen LogP contribution is -2.41. The molecule has 0 saturated carbocycles. The Balaban J connectivity index is 2.90. The van der Waals surface area contributed by atoms with Gasteiger partial charge in [0.1, 0.15) is 16.8 Å². The molecule has 1 atom stereocenters. The van der Waals surface area contributed by atoms with Crippen molar-refractivity contribution in [1.29, 1.82) is 0 Å². The zero-order valence-corrected chi connectivity index (χ0v) is 11.9. The Morgan fingerprint density at radius 3 is 2.52 bits per heavy atom. The number of carboxylic acid groups (broad SMARTS) is 1. The molecule has 1 rings (SSSR count). The quantitative estimate of drug-likeness (QED) is 0.709. The van der Waals surface area contributed by atoms with Crippen molar-refractivity contribution in [2.75, 3.05) is 7.11 Å². The Bertz CT molecular complexity index is 630. The smallest absolute Gasteiger partial charge is 0.321 e. The molecular weight excluding hydrogens is 305 g/mol. The lowest BCUT2D eigenvalue weighted by molar-refractivity contribution is -0.142. The maximum absolute atomic E-state index is 13.5. The van der Waals surface area contributed by atoms with Gasteiger partial charge < -0.3 is 9.84 Å². The predicted molar refractivity (Wildman–Crippen MR) is 69.4 cm³/mol. The third kappa shape index (κ3) is 4.80. The van der Waals surface area contributed by atoms with E-state index in [0.29, 0.717) is 0 Å². The number of sulfonamides is 1. The lowest BCUT2D eigenvalue weighted by atomic mass is 10.2. The van der Waals surface area contributed by atoms with Crippen LogP contribution in [0.2, 0.25) is 0 Å². The van der Waals surface area contributed by atoms with E-state index in [1.165, 1.54) is 12.1 Å². The van der Waals surface area contributed by atoms with E-state index >= 15 is 0 Å². The molecule has 0 unspecified atom stereocenters. The highest BCUT2D eigenvalue weighted by atomic mass is 32.2. The Labute approximate surface area is 120 Å². The molecule has 116 valence electrons. The largest absolute Gasteiger partial charge is 0.480 e. The highest BCUT2D eigenvalue weighted by Gasteiger charge is 2.27. The van der Waals surface area contributed by atoms with E-state index in [0.717, 1.165) is 19.2 Å². The van der Waals surface area contributed by atoms with Gasteiger partial charge in [-0.1, -0.05) is 12.1 Å². The van der Waals surface area contributed by atoms with Gasteiger partial charge in [0.2, 0.25) is 10.0 Å². The SMILES string of the molecule is COC(=O)CC[C@@H](NS(=O)(=O)c1ccccc1F)C(=O)O. The fraction of sp³-hybridized carbons (Fsp3) is 0.333. The molecule has 2 N–H and O–H groups in total. The van der Waals surface area contributed by atoms with Crippen molar-refractivity contribution in [2.45, 2.75) is 23.8 Å². The molecule has 9 heteroatoms. The van der Waals surface area contributed by atoms with Gasteiger partial charge >= 0.3 is 11.9 Å². The number of esters is 1. The minimum Gasteiger partial charge on any atom is -0.480 e. The first kappa shape index (κ1) is 17.1. The van der Waals surface area contributed by atoms with Crippen LogP contribution >= 0.6 is 0 Å². The number of carbonyl (C=O) groups is 2. The maximum atomic E-state index is 13.5. The minimum atomic E-state index is -4.35. The van der Waals surface area contributed by atoms with Crippen LogP contribution < -0.4 is 4.72 Å². The number of carbonyl (C=O) groups excluding carboxylic acids is 1. The molecule has 0 radical (unpaired) electrons. The standard InChI is InChI=1S/C12H14FNO6S/c1-20-11(15)7-6-9(12(16)17)14-21(18,19)10-5-3-2-4-8(10)13/h2-5,9,14H,6-7H2,1H3,(H,16,17)/t9-/m1/s1. The number of carboxylic acids is 1. The zero-order valence-electron chi connectivity index (χ0n) is 11.1. The number of methoxy groups -OCH3 is 1. The van der Waals surface area contributed by atoms with E-state index in [2.05, 4.69) is 4.74 Å². The van der Waals surface area contributed by atoms with E-state index in [9.17, 15) is 22.4 Å². The molecule has 0 heterocycles. The summed E-state index contributed by atoms with van der Waals surface area (Å²) < 4.78 is 43.6. The maximum Gasteiger partial charge on any atom is 0.321 e. The van der Waals surface area contributed by atoms with Crippen LogP contribution in [0, 0.1) is 5.82 Å². The van der Waals surface area contributed by atoms with Crippen LogP contribution in [-0.4, -0.2) is 38.6 Å². The van der Waals surface area contributed by atoms with E-state index in [4.69, 9.17) is 5.11 Å². The fourth-order valence-electron chi connectivity index (χ4n) is 1.51. The number of nitrogens with one attached hydrogen (secondary N) is 1. The number of halogens is 1. The number of hydrogen-bond donors (Lipinski definition) is 2. The molecule has 0 aliphatic rings. The van der Waals surface area contributed by atoms with Crippen molar-refractivity contribution >= 4 is 22.0 Å². The topological polar surface area (TPSA) is 110 Å². The second-order valence-electron chi connectivity index (χ2n) is 4.06. The van der Waals surface area contributed by atoms with Crippen molar-refractivity contribution in [2.24, 2.45) is 0 Å². The molecule has 1 aromatic carbocycles. The average Bonchev–Trinajstić information content (AvgIpc) is 2.42. The number of benzene rings is 1. The normalized spacial score (nSPS) is 12.7. The van der Waals surface area contributed by atoms with Gasteiger partial charge in [-0.05, 0) is 18.6 Å². The van der Waals surface area contributed by atoms with E-state index in [-0.39, 0.29) is 12.8 Å². The Morgan fingerprint density at radius 1 is 1.38 bits per heavy atom. The highest BCUT2D eigenvalue weighted by molar-refractivity contribution is 7.89.